The molecule has 0 aliphatic carbocycles. The number of fused-ring (bicyclic) bond motifs is 2. The Hall–Kier alpha value is -3.53. The number of anilines is 1. The number of carboxylic acids is 2. The highest BCUT2D eigenvalue weighted by Gasteiger charge is 2.46. The zero-order chi connectivity index (χ0) is 31.7. The van der Waals surface area contributed by atoms with Crippen molar-refractivity contribution in [1.29, 1.82) is 0 Å². The molecule has 0 saturated heterocycles. The Morgan fingerprint density at radius 2 is 1.72 bits per heavy atom. The van der Waals surface area contributed by atoms with Crippen LogP contribution in [-0.4, -0.2) is 68.2 Å². The Kier molecular flexibility index (Phi) is 9.21. The summed E-state index contributed by atoms with van der Waals surface area (Å²) < 4.78 is 36.1. The molecule has 14 heteroatoms. The van der Waals surface area contributed by atoms with Crippen LogP contribution < -0.4 is 4.90 Å². The fraction of sp³-hybridized carbons (Fsp3) is 0.345. The van der Waals surface area contributed by atoms with Crippen molar-refractivity contribution in [3.8, 4) is 0 Å². The van der Waals surface area contributed by atoms with Crippen molar-refractivity contribution >= 4 is 51.2 Å². The molecular weight excluding hydrogens is 600 g/mol. The standard InChI is InChI=1S/C29H32N2O10S2/c1-28(2)20-14-18(42-41-40-38-5)10-12-22(20)30(16-26(32)33)24(28)8-7-9-25-29(3,4)21-15-19(43(36,37)39-6)11-13-23(21)31(25)17-27(34)35/h7-15H,16-17H2,1-6H3,(H-,32,33,34,35)/p+1. The van der Waals surface area contributed by atoms with Crippen LogP contribution in [0.2, 0.25) is 0 Å². The lowest BCUT2D eigenvalue weighted by molar-refractivity contribution is -0.447. The Morgan fingerprint density at radius 1 is 1.00 bits per heavy atom. The second-order valence-electron chi connectivity index (χ2n) is 10.9. The van der Waals surface area contributed by atoms with Gasteiger partial charge in [-0.15, -0.1) is 4.33 Å². The molecule has 2 aromatic carbocycles. The van der Waals surface area contributed by atoms with Gasteiger partial charge in [-0.2, -0.15) is 13.0 Å². The van der Waals surface area contributed by atoms with Crippen molar-refractivity contribution in [2.45, 2.75) is 48.3 Å². The van der Waals surface area contributed by atoms with Gasteiger partial charge >= 0.3 is 11.9 Å². The molecule has 0 unspecified atom stereocenters. The summed E-state index contributed by atoms with van der Waals surface area (Å²) in [5, 5.41) is 23.9. The van der Waals surface area contributed by atoms with Gasteiger partial charge in [-0.1, -0.05) is 25.0 Å². The minimum Gasteiger partial charge on any atom is -0.480 e. The Balaban J connectivity index is 1.77. The molecule has 2 aliphatic heterocycles. The molecule has 2 aliphatic rings. The monoisotopic (exact) mass is 633 g/mol. The molecule has 0 aromatic heterocycles. The zero-order valence-corrected chi connectivity index (χ0v) is 26.1. The predicted octanol–water partition coefficient (Wildman–Crippen LogP) is 4.32. The average molecular weight is 634 g/mol. The fourth-order valence-electron chi connectivity index (χ4n) is 5.54. The van der Waals surface area contributed by atoms with Crippen LogP contribution in [0.4, 0.5) is 11.4 Å². The van der Waals surface area contributed by atoms with Crippen LogP contribution in [0.15, 0.2) is 70.1 Å². The van der Waals surface area contributed by atoms with E-state index < -0.39 is 32.9 Å². The molecule has 0 atom stereocenters. The van der Waals surface area contributed by atoms with Gasteiger partial charge in [-0.05, 0) is 55.8 Å². The maximum Gasteiger partial charge on any atom is 0.370 e. The molecule has 12 nitrogen and oxygen atoms in total. The molecule has 2 heterocycles. The molecule has 2 aromatic rings. The molecule has 0 saturated carbocycles. The maximum absolute atomic E-state index is 12.4. The number of carboxylic acid groups (broad SMARTS) is 2. The van der Waals surface area contributed by atoms with Gasteiger partial charge in [-0.25, -0.2) is 9.68 Å². The highest BCUT2D eigenvalue weighted by molar-refractivity contribution is 7.94. The van der Waals surface area contributed by atoms with Crippen LogP contribution in [0.1, 0.15) is 38.8 Å². The smallest absolute Gasteiger partial charge is 0.370 e. The highest BCUT2D eigenvalue weighted by atomic mass is 32.2. The zero-order valence-electron chi connectivity index (χ0n) is 24.5. The lowest BCUT2D eigenvalue weighted by atomic mass is 9.81. The second kappa shape index (κ2) is 12.2. The van der Waals surface area contributed by atoms with Crippen LogP contribution in [0.5, 0.6) is 0 Å². The van der Waals surface area contributed by atoms with Crippen molar-refractivity contribution in [2.24, 2.45) is 0 Å². The van der Waals surface area contributed by atoms with Crippen LogP contribution in [-0.2, 0) is 49.0 Å². The van der Waals surface area contributed by atoms with E-state index in [1.165, 1.54) is 19.2 Å². The van der Waals surface area contributed by atoms with Crippen LogP contribution in [0.3, 0.4) is 0 Å². The van der Waals surface area contributed by atoms with E-state index in [2.05, 4.69) is 14.1 Å². The predicted molar refractivity (Wildman–Crippen MR) is 158 cm³/mol. The number of allylic oxidation sites excluding steroid dienone is 4. The lowest BCUT2D eigenvalue weighted by Crippen LogP contribution is -2.31. The van der Waals surface area contributed by atoms with E-state index in [-0.39, 0.29) is 18.0 Å². The first-order valence-electron chi connectivity index (χ1n) is 13.0. The third-order valence-corrected chi connectivity index (χ3v) is 9.40. The van der Waals surface area contributed by atoms with E-state index in [9.17, 15) is 28.2 Å². The van der Waals surface area contributed by atoms with Gasteiger partial charge in [0.1, 0.15) is 6.54 Å². The summed E-state index contributed by atoms with van der Waals surface area (Å²) in [7, 11) is -1.57. The Morgan fingerprint density at radius 3 is 2.35 bits per heavy atom. The normalized spacial score (nSPS) is 18.0. The van der Waals surface area contributed by atoms with Gasteiger partial charge in [-0.3, -0.25) is 8.98 Å². The number of nitrogens with zero attached hydrogens (tertiary/aromatic N) is 2. The fourth-order valence-corrected chi connectivity index (χ4v) is 6.68. The van der Waals surface area contributed by atoms with Crippen molar-refractivity contribution in [3.63, 3.8) is 0 Å². The summed E-state index contributed by atoms with van der Waals surface area (Å²) >= 11 is 0.948. The third kappa shape index (κ3) is 6.25. The first-order chi connectivity index (χ1) is 20.1. The molecule has 43 heavy (non-hydrogen) atoms. The number of hydrogen-bond acceptors (Lipinski definition) is 10. The van der Waals surface area contributed by atoms with Gasteiger partial charge in [0.25, 0.3) is 10.1 Å². The number of benzene rings is 2. The van der Waals surface area contributed by atoms with Crippen molar-refractivity contribution in [1.82, 2.24) is 0 Å². The number of aliphatic carboxylic acids is 2. The molecule has 0 amide bonds. The van der Waals surface area contributed by atoms with E-state index in [4.69, 9.17) is 4.33 Å². The van der Waals surface area contributed by atoms with Gasteiger partial charge in [0.2, 0.25) is 12.2 Å². The summed E-state index contributed by atoms with van der Waals surface area (Å²) in [4.78, 5) is 30.5. The van der Waals surface area contributed by atoms with E-state index in [1.807, 2.05) is 45.9 Å². The molecule has 2 N–H and O–H groups in total. The summed E-state index contributed by atoms with van der Waals surface area (Å²) in [5.74, 6) is -2.07. The maximum atomic E-state index is 12.4. The van der Waals surface area contributed by atoms with E-state index >= 15 is 0 Å². The van der Waals surface area contributed by atoms with Gasteiger partial charge in [0.05, 0.1) is 36.6 Å². The van der Waals surface area contributed by atoms with Crippen molar-refractivity contribution in [2.75, 3.05) is 32.2 Å². The molecule has 4 rings (SSSR count). The summed E-state index contributed by atoms with van der Waals surface area (Å²) in [6.45, 7) is 7.09. The van der Waals surface area contributed by atoms with E-state index in [0.717, 1.165) is 35.3 Å². The lowest BCUT2D eigenvalue weighted by Gasteiger charge is -2.25. The molecular formula is C29H33N2O10S2+. The highest BCUT2D eigenvalue weighted by Crippen LogP contribution is 2.48. The quantitative estimate of drug-likeness (QED) is 0.0855. The summed E-state index contributed by atoms with van der Waals surface area (Å²) in [5.41, 5.74) is 2.75. The molecule has 230 valence electrons. The van der Waals surface area contributed by atoms with Crippen LogP contribution >= 0.6 is 12.0 Å². The second-order valence-corrected chi connectivity index (χ2v) is 13.4. The minimum absolute atomic E-state index is 0.0315. The van der Waals surface area contributed by atoms with Gasteiger partial charge < -0.3 is 15.1 Å². The largest absolute Gasteiger partial charge is 0.480 e. The Bertz CT molecular complexity index is 1660. The minimum atomic E-state index is -3.97. The van der Waals surface area contributed by atoms with E-state index in [0.29, 0.717) is 22.7 Å². The molecule has 0 bridgehead atoms. The third-order valence-electron chi connectivity index (χ3n) is 7.56. The first-order valence-corrected chi connectivity index (χ1v) is 15.2. The first kappa shape index (κ1) is 32.4. The van der Waals surface area contributed by atoms with Crippen molar-refractivity contribution < 1.29 is 51.2 Å². The topological polar surface area (TPSA) is 152 Å². The van der Waals surface area contributed by atoms with Gasteiger partial charge in [0.15, 0.2) is 5.71 Å². The number of rotatable bonds is 12. The van der Waals surface area contributed by atoms with Crippen molar-refractivity contribution in [3.05, 3.63) is 71.5 Å². The SMILES string of the molecule is COOOSc1ccc2c(c1)C(C)(C)C(/C=C/C=C1\N(CC(=O)O)c3ccc(S(=O)(=O)OC)cc3C1(C)C)=[N+]2CC(=O)O. The van der Waals surface area contributed by atoms with Crippen LogP contribution in [0, 0.1) is 0 Å². The summed E-state index contributed by atoms with van der Waals surface area (Å²) in [6.07, 6.45) is 5.34. The van der Waals surface area contributed by atoms with Gasteiger partial charge in [0, 0.05) is 39.4 Å². The molecule has 0 fully saturated rings. The molecule has 0 spiro atoms. The summed E-state index contributed by atoms with van der Waals surface area (Å²) in [6, 6.07) is 9.96. The number of carbonyl (C=O) groups is 2. The van der Waals surface area contributed by atoms with E-state index in [1.54, 1.807) is 33.8 Å². The number of hydrogen-bond donors (Lipinski definition) is 2. The molecule has 0 radical (unpaired) electrons. The van der Waals surface area contributed by atoms with Crippen LogP contribution in [0.25, 0.3) is 0 Å². The average Bonchev–Trinajstić information content (AvgIpc) is 3.26. The Labute approximate surface area is 254 Å².